The van der Waals surface area contributed by atoms with Crippen molar-refractivity contribution < 1.29 is 8.42 Å². The Morgan fingerprint density at radius 1 is 1.38 bits per heavy atom. The van der Waals surface area contributed by atoms with Crippen molar-refractivity contribution in [3.05, 3.63) is 0 Å². The van der Waals surface area contributed by atoms with Crippen molar-refractivity contribution in [3.63, 3.8) is 0 Å². The van der Waals surface area contributed by atoms with Crippen molar-refractivity contribution in [3.8, 4) is 0 Å². The van der Waals surface area contributed by atoms with Crippen LogP contribution < -0.4 is 10.5 Å². The van der Waals surface area contributed by atoms with Gasteiger partial charge in [0.15, 0.2) is 10.9 Å². The minimum atomic E-state index is -2.62. The summed E-state index contributed by atoms with van der Waals surface area (Å²) in [5.74, 6) is 0. The molecule has 3 N–H and O–H groups in total. The molecule has 0 bridgehead atoms. The van der Waals surface area contributed by atoms with Crippen LogP contribution in [0.25, 0.3) is 0 Å². The Balaban J connectivity index is 0.000000184. The molecule has 6 heteroatoms. The molecule has 0 amide bonds. The van der Waals surface area contributed by atoms with Crippen LogP contribution in [0, 0.1) is 0 Å². The highest BCUT2D eigenvalue weighted by atomic mass is 32.2. The van der Waals surface area contributed by atoms with Crippen LogP contribution in [0.2, 0.25) is 0 Å². The van der Waals surface area contributed by atoms with Gasteiger partial charge >= 0.3 is 0 Å². The second-order valence-corrected chi connectivity index (χ2v) is 3.89. The first-order chi connectivity index (χ1) is 6.20. The lowest BCUT2D eigenvalue weighted by Crippen LogP contribution is -2.47. The Kier molecular flexibility index (Phi) is 4.65. The molecule has 1 atom stereocenters. The van der Waals surface area contributed by atoms with Crippen LogP contribution in [-0.2, 0) is 10.9 Å². The SMILES string of the molecule is C1CC2CNCCN2C1.N[SH](=O)=O. The highest BCUT2D eigenvalue weighted by Crippen LogP contribution is 2.17. The Morgan fingerprint density at radius 2 is 2.08 bits per heavy atom. The van der Waals surface area contributed by atoms with Crippen molar-refractivity contribution >= 4 is 10.9 Å². The van der Waals surface area contributed by atoms with Gasteiger partial charge in [0.05, 0.1) is 0 Å². The van der Waals surface area contributed by atoms with E-state index in [0.717, 1.165) is 6.04 Å². The van der Waals surface area contributed by atoms with Crippen LogP contribution in [0.15, 0.2) is 0 Å². The molecule has 2 saturated heterocycles. The van der Waals surface area contributed by atoms with Crippen molar-refractivity contribution in [1.29, 1.82) is 0 Å². The second-order valence-electron chi connectivity index (χ2n) is 3.32. The summed E-state index contributed by atoms with van der Waals surface area (Å²) in [6.45, 7) is 5.08. The highest BCUT2D eigenvalue weighted by molar-refractivity contribution is 7.69. The summed E-state index contributed by atoms with van der Waals surface area (Å²) >= 11 is 0. The fourth-order valence-corrected chi connectivity index (χ4v) is 1.91. The van der Waals surface area contributed by atoms with Gasteiger partial charge < -0.3 is 5.32 Å². The average Bonchev–Trinajstić information content (AvgIpc) is 2.49. The van der Waals surface area contributed by atoms with Crippen molar-refractivity contribution in [1.82, 2.24) is 10.2 Å². The second kappa shape index (κ2) is 5.54. The van der Waals surface area contributed by atoms with E-state index in [2.05, 4.69) is 15.4 Å². The van der Waals surface area contributed by atoms with Gasteiger partial charge in [0, 0.05) is 25.7 Å². The number of nitrogens with zero attached hydrogens (tertiary/aromatic N) is 1. The summed E-state index contributed by atoms with van der Waals surface area (Å²) in [5, 5.41) is 7.48. The molecule has 78 valence electrons. The standard InChI is InChI=1S/C7H14N2.H3NO2S/c1-2-7-6-8-3-5-9(7)4-1;1-4(2)3/h7-8H,1-6H2;4H,(H2,1,2,3). The highest BCUT2D eigenvalue weighted by Gasteiger charge is 2.25. The van der Waals surface area contributed by atoms with Gasteiger partial charge in [0.1, 0.15) is 0 Å². The molecule has 2 rings (SSSR count). The maximum absolute atomic E-state index is 8.81. The Morgan fingerprint density at radius 3 is 2.69 bits per heavy atom. The lowest BCUT2D eigenvalue weighted by Gasteiger charge is -2.29. The summed E-state index contributed by atoms with van der Waals surface area (Å²) in [5.41, 5.74) is 0. The Bertz CT molecular complexity index is 200. The molecular formula is C7H17N3O2S. The molecule has 2 fully saturated rings. The van der Waals surface area contributed by atoms with Crippen LogP contribution in [0.3, 0.4) is 0 Å². The third kappa shape index (κ3) is 4.04. The van der Waals surface area contributed by atoms with Crippen LogP contribution in [0.5, 0.6) is 0 Å². The van der Waals surface area contributed by atoms with E-state index in [4.69, 9.17) is 8.42 Å². The van der Waals surface area contributed by atoms with Gasteiger partial charge in [-0.25, -0.2) is 13.6 Å². The zero-order valence-electron chi connectivity index (χ0n) is 7.61. The molecule has 0 aliphatic carbocycles. The topological polar surface area (TPSA) is 75.4 Å². The van der Waals surface area contributed by atoms with Gasteiger partial charge in [-0.05, 0) is 19.4 Å². The lowest BCUT2D eigenvalue weighted by molar-refractivity contribution is 0.212. The largest absolute Gasteiger partial charge is 0.314 e. The summed E-state index contributed by atoms with van der Waals surface area (Å²) < 4.78 is 17.6. The molecule has 1 unspecified atom stereocenters. The Hall–Kier alpha value is -0.170. The molecule has 0 aromatic heterocycles. The minimum Gasteiger partial charge on any atom is -0.314 e. The molecule has 2 aliphatic rings. The molecule has 5 nitrogen and oxygen atoms in total. The molecule has 2 aliphatic heterocycles. The molecule has 0 radical (unpaired) electrons. The van der Waals surface area contributed by atoms with Gasteiger partial charge in [-0.15, -0.1) is 0 Å². The Labute approximate surface area is 80.4 Å². The van der Waals surface area contributed by atoms with Gasteiger partial charge in [0.2, 0.25) is 0 Å². The number of rotatable bonds is 0. The summed E-state index contributed by atoms with van der Waals surface area (Å²) in [7, 11) is -2.62. The smallest absolute Gasteiger partial charge is 0.198 e. The van der Waals surface area contributed by atoms with E-state index in [9.17, 15) is 0 Å². The van der Waals surface area contributed by atoms with Gasteiger partial charge in [-0.1, -0.05) is 0 Å². The molecule has 0 aromatic rings. The van der Waals surface area contributed by atoms with Crippen LogP contribution in [-0.4, -0.2) is 45.5 Å². The van der Waals surface area contributed by atoms with Crippen LogP contribution >= 0.6 is 0 Å². The van der Waals surface area contributed by atoms with E-state index in [1.807, 2.05) is 0 Å². The third-order valence-electron chi connectivity index (χ3n) is 2.45. The zero-order chi connectivity index (χ0) is 9.68. The maximum atomic E-state index is 8.81. The number of piperazine rings is 1. The number of hydrogen-bond donors (Lipinski definition) is 3. The van der Waals surface area contributed by atoms with Gasteiger partial charge in [0.25, 0.3) is 0 Å². The van der Waals surface area contributed by atoms with Crippen LogP contribution in [0.4, 0.5) is 0 Å². The average molecular weight is 207 g/mol. The molecule has 2 heterocycles. The number of hydrogen-bond acceptors (Lipinski definition) is 4. The van der Waals surface area contributed by atoms with E-state index in [-0.39, 0.29) is 0 Å². The van der Waals surface area contributed by atoms with E-state index < -0.39 is 10.9 Å². The molecular weight excluding hydrogens is 190 g/mol. The van der Waals surface area contributed by atoms with E-state index >= 15 is 0 Å². The van der Waals surface area contributed by atoms with Crippen LogP contribution in [0.1, 0.15) is 12.8 Å². The number of fused-ring (bicyclic) bond motifs is 1. The van der Waals surface area contributed by atoms with E-state index in [1.54, 1.807) is 0 Å². The lowest BCUT2D eigenvalue weighted by atomic mass is 10.2. The predicted octanol–water partition coefficient (Wildman–Crippen LogP) is -1.47. The quantitative estimate of drug-likeness (QED) is 0.424. The molecule has 0 aromatic carbocycles. The summed E-state index contributed by atoms with van der Waals surface area (Å²) in [6, 6.07) is 0.888. The summed E-state index contributed by atoms with van der Waals surface area (Å²) in [4.78, 5) is 2.61. The number of nitrogens with one attached hydrogen (secondary N) is 1. The molecule has 13 heavy (non-hydrogen) atoms. The number of nitrogens with two attached hydrogens (primary N) is 1. The third-order valence-corrected chi connectivity index (χ3v) is 2.45. The monoisotopic (exact) mass is 207 g/mol. The van der Waals surface area contributed by atoms with Crippen molar-refractivity contribution in [2.75, 3.05) is 26.2 Å². The van der Waals surface area contributed by atoms with E-state index in [1.165, 1.54) is 39.0 Å². The number of thiol groups is 1. The zero-order valence-corrected chi connectivity index (χ0v) is 8.50. The minimum absolute atomic E-state index is 0.888. The van der Waals surface area contributed by atoms with E-state index in [0.29, 0.717) is 0 Å². The normalized spacial score (nSPS) is 28.0. The molecule has 0 saturated carbocycles. The first-order valence-corrected chi connectivity index (χ1v) is 5.78. The first kappa shape index (κ1) is 10.9. The molecule has 0 spiro atoms. The van der Waals surface area contributed by atoms with Crippen molar-refractivity contribution in [2.24, 2.45) is 5.14 Å². The maximum Gasteiger partial charge on any atom is 0.198 e. The fraction of sp³-hybridized carbons (Fsp3) is 1.00. The van der Waals surface area contributed by atoms with Gasteiger partial charge in [-0.2, -0.15) is 0 Å². The van der Waals surface area contributed by atoms with Crippen molar-refractivity contribution in [2.45, 2.75) is 18.9 Å². The fourth-order valence-electron chi connectivity index (χ4n) is 1.91. The predicted molar refractivity (Wildman–Crippen MR) is 52.0 cm³/mol. The first-order valence-electron chi connectivity index (χ1n) is 4.54. The summed E-state index contributed by atoms with van der Waals surface area (Å²) in [6.07, 6.45) is 2.85. The van der Waals surface area contributed by atoms with Gasteiger partial charge in [-0.3, -0.25) is 4.90 Å².